The summed E-state index contributed by atoms with van der Waals surface area (Å²) in [6.45, 7) is 2.05. The van der Waals surface area contributed by atoms with Crippen molar-refractivity contribution in [1.29, 1.82) is 0 Å². The van der Waals surface area contributed by atoms with Crippen LogP contribution in [0.4, 0.5) is 4.39 Å². The first-order chi connectivity index (χ1) is 9.00. The van der Waals surface area contributed by atoms with Gasteiger partial charge in [-0.05, 0) is 19.1 Å². The molecule has 3 N–H and O–H groups in total. The van der Waals surface area contributed by atoms with Crippen LogP contribution < -0.4 is 11.1 Å². The Bertz CT molecular complexity index is 606. The Morgan fingerprint density at radius 2 is 2.32 bits per heavy atom. The number of rotatable bonds is 4. The van der Waals surface area contributed by atoms with Gasteiger partial charge in [-0.15, -0.1) is 0 Å². The Labute approximate surface area is 110 Å². The number of carbonyl (C=O) groups excluding carboxylic acids is 1. The van der Waals surface area contributed by atoms with Gasteiger partial charge in [-0.2, -0.15) is 0 Å². The van der Waals surface area contributed by atoms with E-state index in [1.807, 2.05) is 17.7 Å². The highest BCUT2D eigenvalue weighted by Gasteiger charge is 2.11. The van der Waals surface area contributed by atoms with Crippen molar-refractivity contribution >= 4 is 16.9 Å². The van der Waals surface area contributed by atoms with Crippen molar-refractivity contribution in [2.24, 2.45) is 12.8 Å². The lowest BCUT2D eigenvalue weighted by Gasteiger charge is -2.07. The number of imidazole rings is 1. The molecule has 0 aliphatic heterocycles. The molecule has 0 saturated carbocycles. The third-order valence-corrected chi connectivity index (χ3v) is 3.02. The van der Waals surface area contributed by atoms with Gasteiger partial charge in [0, 0.05) is 20.0 Å². The molecule has 5 nitrogen and oxygen atoms in total. The van der Waals surface area contributed by atoms with E-state index in [2.05, 4.69) is 10.3 Å². The second-order valence-electron chi connectivity index (χ2n) is 4.52. The number of hydrogen-bond acceptors (Lipinski definition) is 3. The topological polar surface area (TPSA) is 72.9 Å². The van der Waals surface area contributed by atoms with Crippen molar-refractivity contribution in [1.82, 2.24) is 14.9 Å². The lowest BCUT2D eigenvalue weighted by molar-refractivity contribution is -0.121. The summed E-state index contributed by atoms with van der Waals surface area (Å²) in [5, 5.41) is 2.71. The smallest absolute Gasteiger partial charge is 0.236 e. The number of nitrogens with two attached hydrogens (primary N) is 1. The minimum Gasteiger partial charge on any atom is -0.354 e. The minimum atomic E-state index is -0.530. The average molecular weight is 264 g/mol. The first-order valence-electron chi connectivity index (χ1n) is 6.14. The van der Waals surface area contributed by atoms with E-state index in [0.717, 1.165) is 11.3 Å². The van der Waals surface area contributed by atoms with Gasteiger partial charge in [0.25, 0.3) is 0 Å². The molecule has 102 valence electrons. The van der Waals surface area contributed by atoms with E-state index in [0.29, 0.717) is 18.5 Å². The highest BCUT2D eigenvalue weighted by molar-refractivity contribution is 5.81. The molecule has 19 heavy (non-hydrogen) atoms. The Kier molecular flexibility index (Phi) is 3.80. The summed E-state index contributed by atoms with van der Waals surface area (Å²) < 4.78 is 15.4. The van der Waals surface area contributed by atoms with E-state index in [-0.39, 0.29) is 11.7 Å². The van der Waals surface area contributed by atoms with Gasteiger partial charge < -0.3 is 15.6 Å². The monoisotopic (exact) mass is 264 g/mol. The summed E-state index contributed by atoms with van der Waals surface area (Å²) in [6.07, 6.45) is 0.531. The Morgan fingerprint density at radius 1 is 1.58 bits per heavy atom. The van der Waals surface area contributed by atoms with Crippen molar-refractivity contribution in [2.45, 2.75) is 19.4 Å². The number of carbonyl (C=O) groups is 1. The van der Waals surface area contributed by atoms with Crippen LogP contribution in [0.5, 0.6) is 0 Å². The molecule has 0 fully saturated rings. The second-order valence-corrected chi connectivity index (χ2v) is 4.52. The fraction of sp³-hybridized carbons (Fsp3) is 0.385. The number of para-hydroxylation sites is 1. The van der Waals surface area contributed by atoms with Crippen LogP contribution >= 0.6 is 0 Å². The van der Waals surface area contributed by atoms with Crippen molar-refractivity contribution in [3.05, 3.63) is 29.8 Å². The van der Waals surface area contributed by atoms with Crippen molar-refractivity contribution in [3.63, 3.8) is 0 Å². The molecule has 1 aromatic carbocycles. The standard InChI is InChI=1S/C13H17FN4O/c1-8(15)13(19)16-7-6-11-17-12-9(14)4-3-5-10(12)18(11)2/h3-5,8H,6-7,15H2,1-2H3,(H,16,19). The van der Waals surface area contributed by atoms with Gasteiger partial charge in [-0.3, -0.25) is 4.79 Å². The van der Waals surface area contributed by atoms with E-state index < -0.39 is 6.04 Å². The Balaban J connectivity index is 2.11. The maximum atomic E-state index is 13.6. The van der Waals surface area contributed by atoms with Gasteiger partial charge in [-0.1, -0.05) is 6.07 Å². The van der Waals surface area contributed by atoms with Crippen molar-refractivity contribution in [3.8, 4) is 0 Å². The summed E-state index contributed by atoms with van der Waals surface area (Å²) >= 11 is 0. The van der Waals surface area contributed by atoms with Crippen LogP contribution in [0.1, 0.15) is 12.7 Å². The molecule has 2 aromatic rings. The first kappa shape index (κ1) is 13.5. The fourth-order valence-electron chi connectivity index (χ4n) is 1.91. The molecule has 1 unspecified atom stereocenters. The number of hydrogen-bond donors (Lipinski definition) is 2. The molecule has 0 spiro atoms. The number of halogens is 1. The number of aryl methyl sites for hydroxylation is 1. The van der Waals surface area contributed by atoms with E-state index in [9.17, 15) is 9.18 Å². The molecule has 1 atom stereocenters. The molecule has 1 amide bonds. The van der Waals surface area contributed by atoms with Gasteiger partial charge in [-0.25, -0.2) is 9.37 Å². The Morgan fingerprint density at radius 3 is 2.95 bits per heavy atom. The number of nitrogens with one attached hydrogen (secondary N) is 1. The minimum absolute atomic E-state index is 0.204. The van der Waals surface area contributed by atoms with Crippen molar-refractivity contribution in [2.75, 3.05) is 6.54 Å². The molecule has 0 bridgehead atoms. The molecule has 0 aliphatic rings. The number of benzene rings is 1. The van der Waals surface area contributed by atoms with E-state index in [1.54, 1.807) is 13.0 Å². The van der Waals surface area contributed by atoms with Gasteiger partial charge in [0.15, 0.2) is 5.82 Å². The summed E-state index contributed by atoms with van der Waals surface area (Å²) in [5.74, 6) is 0.189. The SMILES string of the molecule is CC(N)C(=O)NCCc1nc2c(F)cccc2n1C. The summed E-state index contributed by atoms with van der Waals surface area (Å²) in [4.78, 5) is 15.6. The zero-order valence-corrected chi connectivity index (χ0v) is 11.0. The molecule has 1 aromatic heterocycles. The van der Waals surface area contributed by atoms with Gasteiger partial charge in [0.05, 0.1) is 11.6 Å². The summed E-state index contributed by atoms with van der Waals surface area (Å²) in [5.41, 5.74) is 6.55. The van der Waals surface area contributed by atoms with Gasteiger partial charge in [0.2, 0.25) is 5.91 Å². The molecular formula is C13H17FN4O. The quantitative estimate of drug-likeness (QED) is 0.854. The largest absolute Gasteiger partial charge is 0.354 e. The van der Waals surface area contributed by atoms with Crippen LogP contribution in [0.15, 0.2) is 18.2 Å². The first-order valence-corrected chi connectivity index (χ1v) is 6.14. The predicted molar refractivity (Wildman–Crippen MR) is 71.0 cm³/mol. The van der Waals surface area contributed by atoms with Crippen molar-refractivity contribution < 1.29 is 9.18 Å². The third kappa shape index (κ3) is 2.73. The van der Waals surface area contributed by atoms with E-state index >= 15 is 0 Å². The zero-order chi connectivity index (χ0) is 14.0. The molecule has 0 aliphatic carbocycles. The number of nitrogens with zero attached hydrogens (tertiary/aromatic N) is 2. The zero-order valence-electron chi connectivity index (χ0n) is 11.0. The molecular weight excluding hydrogens is 247 g/mol. The highest BCUT2D eigenvalue weighted by atomic mass is 19.1. The van der Waals surface area contributed by atoms with Crippen LogP contribution in [-0.4, -0.2) is 28.0 Å². The van der Waals surface area contributed by atoms with E-state index in [4.69, 9.17) is 5.73 Å². The summed E-state index contributed by atoms with van der Waals surface area (Å²) in [7, 11) is 1.83. The third-order valence-electron chi connectivity index (χ3n) is 3.02. The van der Waals surface area contributed by atoms with Crippen LogP contribution in [0.3, 0.4) is 0 Å². The van der Waals surface area contributed by atoms with Crippen LogP contribution in [0, 0.1) is 5.82 Å². The lowest BCUT2D eigenvalue weighted by Crippen LogP contribution is -2.39. The average Bonchev–Trinajstić information content (AvgIpc) is 2.68. The number of fused-ring (bicyclic) bond motifs is 1. The fourth-order valence-corrected chi connectivity index (χ4v) is 1.91. The number of aromatic nitrogens is 2. The van der Waals surface area contributed by atoms with Crippen LogP contribution in [-0.2, 0) is 18.3 Å². The molecule has 0 radical (unpaired) electrons. The summed E-state index contributed by atoms with van der Waals surface area (Å²) in [6, 6.07) is 4.32. The number of amides is 1. The molecule has 1 heterocycles. The maximum Gasteiger partial charge on any atom is 0.236 e. The Hall–Kier alpha value is -1.95. The maximum absolute atomic E-state index is 13.6. The highest BCUT2D eigenvalue weighted by Crippen LogP contribution is 2.17. The molecule has 6 heteroatoms. The normalized spacial score (nSPS) is 12.6. The predicted octanol–water partition coefficient (Wildman–Crippen LogP) is 0.718. The van der Waals surface area contributed by atoms with E-state index in [1.165, 1.54) is 6.07 Å². The molecule has 2 rings (SSSR count). The van der Waals surface area contributed by atoms with Gasteiger partial charge >= 0.3 is 0 Å². The molecule has 0 saturated heterocycles. The second kappa shape index (κ2) is 5.36. The van der Waals surface area contributed by atoms with Gasteiger partial charge in [0.1, 0.15) is 11.3 Å². The van der Waals surface area contributed by atoms with Crippen LogP contribution in [0.2, 0.25) is 0 Å². The van der Waals surface area contributed by atoms with Crippen LogP contribution in [0.25, 0.3) is 11.0 Å². The lowest BCUT2D eigenvalue weighted by atomic mass is 10.3.